The summed E-state index contributed by atoms with van der Waals surface area (Å²) in [5, 5.41) is 3.27. The Morgan fingerprint density at radius 1 is 1.22 bits per heavy atom. The minimum absolute atomic E-state index is 0.0680. The molecule has 0 saturated carbocycles. The number of para-hydroxylation sites is 1. The first-order chi connectivity index (χ1) is 12.9. The number of fused-ring (bicyclic) bond motifs is 4. The Morgan fingerprint density at radius 2 is 2.04 bits per heavy atom. The number of hydrogen-bond acceptors (Lipinski definition) is 3. The van der Waals surface area contributed by atoms with Gasteiger partial charge in [0.15, 0.2) is 0 Å². The normalized spacial score (nSPS) is 27.3. The second kappa shape index (κ2) is 5.38. The van der Waals surface area contributed by atoms with Gasteiger partial charge in [0, 0.05) is 17.5 Å². The maximum atomic E-state index is 12.4. The van der Waals surface area contributed by atoms with Crippen LogP contribution >= 0.6 is 0 Å². The van der Waals surface area contributed by atoms with Crippen molar-refractivity contribution in [2.75, 3.05) is 11.4 Å². The molecular weight excluding hydrogens is 336 g/mol. The van der Waals surface area contributed by atoms with Crippen molar-refractivity contribution < 1.29 is 9.53 Å². The van der Waals surface area contributed by atoms with E-state index in [1.165, 1.54) is 11.1 Å². The van der Waals surface area contributed by atoms with Crippen molar-refractivity contribution in [3.8, 4) is 5.75 Å². The number of ether oxygens (including phenoxy) is 1. The number of carbonyl (C=O) groups is 1. The quantitative estimate of drug-likeness (QED) is 0.889. The van der Waals surface area contributed by atoms with Gasteiger partial charge >= 0.3 is 0 Å². The summed E-state index contributed by atoms with van der Waals surface area (Å²) in [5.41, 5.74) is 4.02. The number of anilines is 1. The predicted octanol–water partition coefficient (Wildman–Crippen LogP) is 3.65. The number of carbonyl (C=O) groups excluding carboxylic acids is 1. The predicted molar refractivity (Wildman–Crippen MR) is 107 cm³/mol. The van der Waals surface area contributed by atoms with Crippen LogP contribution in [0.3, 0.4) is 0 Å². The fourth-order valence-electron chi connectivity index (χ4n) is 4.90. The number of amides is 1. The van der Waals surface area contributed by atoms with Crippen molar-refractivity contribution in [1.29, 1.82) is 0 Å². The Labute approximate surface area is 159 Å². The third kappa shape index (κ3) is 2.19. The zero-order chi connectivity index (χ0) is 18.8. The van der Waals surface area contributed by atoms with Gasteiger partial charge < -0.3 is 15.0 Å². The molecule has 0 radical (unpaired) electrons. The summed E-state index contributed by atoms with van der Waals surface area (Å²) in [6.45, 7) is 6.90. The molecule has 1 saturated heterocycles. The molecule has 2 aromatic carbocycles. The summed E-state index contributed by atoms with van der Waals surface area (Å²) in [6.07, 6.45) is 5.49. The standard InChI is InChI=1S/C23H24N2O2/c1-15-12-17-13-16(8-9-20(17)27-15)10-11-23-22(2,3)18-6-4-5-7-19(18)25(23)14-21(26)24-23/h4-11,13,15H,12,14H2,1-3H3,(H,24,26)/t15-,23-/m0/s1. The fraction of sp³-hybridized carbons (Fsp3) is 0.348. The Morgan fingerprint density at radius 3 is 2.89 bits per heavy atom. The van der Waals surface area contributed by atoms with Crippen LogP contribution in [0, 0.1) is 0 Å². The van der Waals surface area contributed by atoms with Crippen molar-refractivity contribution in [3.05, 3.63) is 65.2 Å². The van der Waals surface area contributed by atoms with Gasteiger partial charge in [-0.1, -0.05) is 44.2 Å². The van der Waals surface area contributed by atoms with Gasteiger partial charge in [0.2, 0.25) is 5.91 Å². The van der Waals surface area contributed by atoms with Crippen LogP contribution in [0.25, 0.3) is 6.08 Å². The lowest BCUT2D eigenvalue weighted by Crippen LogP contribution is -2.58. The van der Waals surface area contributed by atoms with Crippen LogP contribution in [0.2, 0.25) is 0 Å². The van der Waals surface area contributed by atoms with Crippen molar-refractivity contribution in [1.82, 2.24) is 5.32 Å². The van der Waals surface area contributed by atoms with E-state index in [1.807, 2.05) is 6.07 Å². The number of benzene rings is 2. The third-order valence-corrected chi connectivity index (χ3v) is 6.32. The third-order valence-electron chi connectivity index (χ3n) is 6.32. The monoisotopic (exact) mass is 360 g/mol. The van der Waals surface area contributed by atoms with Crippen LogP contribution in [0.4, 0.5) is 5.69 Å². The first kappa shape index (κ1) is 16.4. The van der Waals surface area contributed by atoms with E-state index < -0.39 is 5.66 Å². The van der Waals surface area contributed by atoms with Gasteiger partial charge in [-0.15, -0.1) is 0 Å². The number of nitrogens with zero attached hydrogens (tertiary/aromatic N) is 1. The molecule has 1 fully saturated rings. The molecule has 2 atom stereocenters. The zero-order valence-electron chi connectivity index (χ0n) is 16.0. The lowest BCUT2D eigenvalue weighted by Gasteiger charge is -2.40. The SMILES string of the molecule is C[C@H]1Cc2cc(C=C[C@]34NC(=O)CN3c3ccccc3C4(C)C)ccc2O1. The Hall–Kier alpha value is -2.75. The van der Waals surface area contributed by atoms with Crippen LogP contribution in [0.15, 0.2) is 48.5 Å². The van der Waals surface area contributed by atoms with Gasteiger partial charge in [0.25, 0.3) is 0 Å². The van der Waals surface area contributed by atoms with E-state index in [0.717, 1.165) is 23.4 Å². The molecule has 0 spiro atoms. The lowest BCUT2D eigenvalue weighted by atomic mass is 9.75. The van der Waals surface area contributed by atoms with Gasteiger partial charge in [0.05, 0.1) is 6.54 Å². The molecule has 2 aromatic rings. The fourth-order valence-corrected chi connectivity index (χ4v) is 4.90. The van der Waals surface area contributed by atoms with E-state index in [1.54, 1.807) is 0 Å². The topological polar surface area (TPSA) is 41.6 Å². The van der Waals surface area contributed by atoms with E-state index in [-0.39, 0.29) is 17.4 Å². The molecule has 1 N–H and O–H groups in total. The highest BCUT2D eigenvalue weighted by Gasteiger charge is 2.59. The van der Waals surface area contributed by atoms with Crippen molar-refractivity contribution >= 4 is 17.7 Å². The van der Waals surface area contributed by atoms with E-state index in [2.05, 4.69) is 79.5 Å². The first-order valence-electron chi connectivity index (χ1n) is 9.58. The number of nitrogens with one attached hydrogen (secondary N) is 1. The molecule has 3 aliphatic heterocycles. The van der Waals surface area contributed by atoms with E-state index in [4.69, 9.17) is 4.74 Å². The van der Waals surface area contributed by atoms with Crippen LogP contribution in [-0.2, 0) is 16.6 Å². The first-order valence-corrected chi connectivity index (χ1v) is 9.58. The molecule has 0 aromatic heterocycles. The maximum absolute atomic E-state index is 12.4. The average Bonchev–Trinajstić information content (AvgIpc) is 3.23. The second-order valence-corrected chi connectivity index (χ2v) is 8.38. The molecule has 0 aliphatic carbocycles. The molecule has 27 heavy (non-hydrogen) atoms. The van der Waals surface area contributed by atoms with Gasteiger partial charge in [-0.05, 0) is 47.9 Å². The van der Waals surface area contributed by atoms with Crippen molar-refractivity contribution in [3.63, 3.8) is 0 Å². The summed E-state index contributed by atoms with van der Waals surface area (Å²) in [6, 6.07) is 14.7. The van der Waals surface area contributed by atoms with Crippen molar-refractivity contribution in [2.45, 2.75) is 44.4 Å². The van der Waals surface area contributed by atoms with Crippen LogP contribution in [0.5, 0.6) is 5.75 Å². The summed E-state index contributed by atoms with van der Waals surface area (Å²) in [5.74, 6) is 1.06. The Kier molecular flexibility index (Phi) is 3.27. The average molecular weight is 360 g/mol. The van der Waals surface area contributed by atoms with Gasteiger partial charge in [-0.25, -0.2) is 0 Å². The maximum Gasteiger partial charge on any atom is 0.241 e. The Bertz CT molecular complexity index is 978. The summed E-state index contributed by atoms with van der Waals surface area (Å²) < 4.78 is 5.81. The lowest BCUT2D eigenvalue weighted by molar-refractivity contribution is -0.118. The highest BCUT2D eigenvalue weighted by atomic mass is 16.5. The molecule has 4 heteroatoms. The molecule has 0 unspecified atom stereocenters. The summed E-state index contributed by atoms with van der Waals surface area (Å²) in [7, 11) is 0. The molecular formula is C23H24N2O2. The van der Waals surface area contributed by atoms with Crippen molar-refractivity contribution in [2.24, 2.45) is 0 Å². The number of hydrogen-bond donors (Lipinski definition) is 1. The molecule has 3 aliphatic rings. The zero-order valence-corrected chi connectivity index (χ0v) is 16.0. The molecule has 5 rings (SSSR count). The second-order valence-electron chi connectivity index (χ2n) is 8.38. The van der Waals surface area contributed by atoms with E-state index >= 15 is 0 Å². The van der Waals surface area contributed by atoms with Gasteiger partial charge in [-0.2, -0.15) is 0 Å². The smallest absolute Gasteiger partial charge is 0.241 e. The van der Waals surface area contributed by atoms with Gasteiger partial charge in [0.1, 0.15) is 17.5 Å². The van der Waals surface area contributed by atoms with Crippen LogP contribution in [-0.4, -0.2) is 24.2 Å². The highest BCUT2D eigenvalue weighted by Crippen LogP contribution is 2.52. The van der Waals surface area contributed by atoms with E-state index in [0.29, 0.717) is 6.54 Å². The number of rotatable bonds is 2. The highest BCUT2D eigenvalue weighted by molar-refractivity contribution is 5.91. The van der Waals surface area contributed by atoms with Crippen LogP contribution < -0.4 is 15.0 Å². The summed E-state index contributed by atoms with van der Waals surface area (Å²) in [4.78, 5) is 14.6. The molecule has 1 amide bonds. The van der Waals surface area contributed by atoms with Gasteiger partial charge in [-0.3, -0.25) is 4.79 Å². The van der Waals surface area contributed by atoms with E-state index in [9.17, 15) is 4.79 Å². The Balaban J connectivity index is 1.57. The van der Waals surface area contributed by atoms with Crippen LogP contribution in [0.1, 0.15) is 37.5 Å². The summed E-state index contributed by atoms with van der Waals surface area (Å²) >= 11 is 0. The molecule has 3 heterocycles. The molecule has 138 valence electrons. The minimum atomic E-state index is -0.545. The molecule has 4 nitrogen and oxygen atoms in total. The minimum Gasteiger partial charge on any atom is -0.490 e. The molecule has 0 bridgehead atoms. The largest absolute Gasteiger partial charge is 0.490 e.